The maximum absolute atomic E-state index is 3.31. The van der Waals surface area contributed by atoms with E-state index in [-0.39, 0.29) is 0 Å². The average molecular weight is 240 g/mol. The summed E-state index contributed by atoms with van der Waals surface area (Å²) in [5, 5.41) is 3.31. The molecule has 1 aliphatic heterocycles. The van der Waals surface area contributed by atoms with Crippen LogP contribution in [-0.2, 0) is 0 Å². The number of rotatable bonds is 9. The molecule has 1 rings (SSSR count). The third-order valence-corrected chi connectivity index (χ3v) is 4.03. The van der Waals surface area contributed by atoms with Gasteiger partial charge in [-0.2, -0.15) is 0 Å². The molecule has 0 aromatic rings. The van der Waals surface area contributed by atoms with Crippen molar-refractivity contribution in [2.75, 3.05) is 33.2 Å². The molecule has 0 radical (unpaired) electrons. The van der Waals surface area contributed by atoms with Gasteiger partial charge < -0.3 is 10.2 Å². The van der Waals surface area contributed by atoms with Gasteiger partial charge in [0, 0.05) is 0 Å². The van der Waals surface area contributed by atoms with Gasteiger partial charge >= 0.3 is 0 Å². The predicted molar refractivity (Wildman–Crippen MR) is 76.5 cm³/mol. The van der Waals surface area contributed by atoms with Gasteiger partial charge in [0.15, 0.2) is 0 Å². The molecule has 0 aromatic heterocycles. The Labute approximate surface area is 108 Å². The van der Waals surface area contributed by atoms with Crippen molar-refractivity contribution in [2.24, 2.45) is 5.92 Å². The van der Waals surface area contributed by atoms with Gasteiger partial charge in [0.1, 0.15) is 0 Å². The minimum absolute atomic E-state index is 0.931. The van der Waals surface area contributed by atoms with Crippen LogP contribution in [0.25, 0.3) is 0 Å². The molecule has 0 saturated carbocycles. The van der Waals surface area contributed by atoms with E-state index in [4.69, 9.17) is 0 Å². The fourth-order valence-electron chi connectivity index (χ4n) is 2.82. The summed E-state index contributed by atoms with van der Waals surface area (Å²) in [6, 6.07) is 0. The molecule has 0 unspecified atom stereocenters. The zero-order valence-corrected chi connectivity index (χ0v) is 12.0. The van der Waals surface area contributed by atoms with E-state index in [0.717, 1.165) is 5.92 Å². The van der Waals surface area contributed by atoms with E-state index in [2.05, 4.69) is 24.2 Å². The number of nitrogens with one attached hydrogen (secondary N) is 1. The molecule has 0 bridgehead atoms. The van der Waals surface area contributed by atoms with Crippen LogP contribution in [0.5, 0.6) is 0 Å². The second-order valence-corrected chi connectivity index (χ2v) is 5.61. The Morgan fingerprint density at radius 1 is 1.00 bits per heavy atom. The van der Waals surface area contributed by atoms with Crippen LogP contribution in [0.3, 0.4) is 0 Å². The Morgan fingerprint density at radius 3 is 2.29 bits per heavy atom. The quantitative estimate of drug-likeness (QED) is 0.622. The van der Waals surface area contributed by atoms with Gasteiger partial charge in [0.05, 0.1) is 0 Å². The molecular formula is C15H32N2. The molecule has 102 valence electrons. The van der Waals surface area contributed by atoms with Crippen LogP contribution < -0.4 is 5.32 Å². The smallest absolute Gasteiger partial charge is 0.00156 e. The fourth-order valence-corrected chi connectivity index (χ4v) is 2.82. The molecule has 0 aromatic carbocycles. The Kier molecular flexibility index (Phi) is 8.72. The zero-order valence-electron chi connectivity index (χ0n) is 12.0. The summed E-state index contributed by atoms with van der Waals surface area (Å²) in [6.07, 6.45) is 11.3. The van der Waals surface area contributed by atoms with Crippen LogP contribution in [0.1, 0.15) is 58.3 Å². The monoisotopic (exact) mass is 240 g/mol. The van der Waals surface area contributed by atoms with Gasteiger partial charge in [0.25, 0.3) is 0 Å². The van der Waals surface area contributed by atoms with Crippen molar-refractivity contribution in [3.8, 4) is 0 Å². The van der Waals surface area contributed by atoms with E-state index in [1.807, 2.05) is 0 Å². The van der Waals surface area contributed by atoms with Gasteiger partial charge in [-0.3, -0.25) is 0 Å². The lowest BCUT2D eigenvalue weighted by molar-refractivity contribution is 0.180. The second kappa shape index (κ2) is 9.90. The van der Waals surface area contributed by atoms with Crippen LogP contribution in [0.15, 0.2) is 0 Å². The molecule has 0 amide bonds. The molecule has 2 heteroatoms. The van der Waals surface area contributed by atoms with Crippen molar-refractivity contribution in [3.63, 3.8) is 0 Å². The predicted octanol–water partition coefficient (Wildman–Crippen LogP) is 3.28. The third-order valence-electron chi connectivity index (χ3n) is 4.03. The summed E-state index contributed by atoms with van der Waals surface area (Å²) >= 11 is 0. The molecule has 1 saturated heterocycles. The maximum atomic E-state index is 3.31. The van der Waals surface area contributed by atoms with Gasteiger partial charge in [-0.05, 0) is 58.4 Å². The van der Waals surface area contributed by atoms with Crippen molar-refractivity contribution < 1.29 is 0 Å². The third kappa shape index (κ3) is 7.05. The van der Waals surface area contributed by atoms with E-state index in [1.165, 1.54) is 77.5 Å². The first kappa shape index (κ1) is 15.0. The highest BCUT2D eigenvalue weighted by Gasteiger charge is 2.17. The van der Waals surface area contributed by atoms with Crippen molar-refractivity contribution in [2.45, 2.75) is 58.3 Å². The number of hydrogen-bond donors (Lipinski definition) is 1. The fraction of sp³-hybridized carbons (Fsp3) is 1.00. The maximum Gasteiger partial charge on any atom is -0.00156 e. The highest BCUT2D eigenvalue weighted by atomic mass is 15.1. The van der Waals surface area contributed by atoms with Crippen LogP contribution >= 0.6 is 0 Å². The van der Waals surface area contributed by atoms with Crippen LogP contribution in [-0.4, -0.2) is 38.1 Å². The molecule has 1 heterocycles. The standard InChI is InChI=1S/C15H32N2/c1-3-4-5-6-7-8-11-17-12-9-15(10-13-17)14-16-2/h15-16H,3-14H2,1-2H3. The highest BCUT2D eigenvalue weighted by Crippen LogP contribution is 2.17. The summed E-state index contributed by atoms with van der Waals surface area (Å²) in [5.74, 6) is 0.931. The molecule has 1 N–H and O–H groups in total. The summed E-state index contributed by atoms with van der Waals surface area (Å²) in [4.78, 5) is 2.67. The number of unbranched alkanes of at least 4 members (excludes halogenated alkanes) is 5. The molecule has 0 atom stereocenters. The molecule has 0 aliphatic carbocycles. The summed E-state index contributed by atoms with van der Waals surface area (Å²) in [5.41, 5.74) is 0. The number of nitrogens with zero attached hydrogens (tertiary/aromatic N) is 1. The van der Waals surface area contributed by atoms with Crippen molar-refractivity contribution >= 4 is 0 Å². The van der Waals surface area contributed by atoms with Gasteiger partial charge in [-0.15, -0.1) is 0 Å². The summed E-state index contributed by atoms with van der Waals surface area (Å²) in [7, 11) is 2.07. The minimum Gasteiger partial charge on any atom is -0.319 e. The van der Waals surface area contributed by atoms with Gasteiger partial charge in [0.2, 0.25) is 0 Å². The number of piperidine rings is 1. The van der Waals surface area contributed by atoms with E-state index in [0.29, 0.717) is 0 Å². The lowest BCUT2D eigenvalue weighted by Gasteiger charge is -2.31. The van der Waals surface area contributed by atoms with E-state index < -0.39 is 0 Å². The lowest BCUT2D eigenvalue weighted by atomic mass is 9.96. The first-order valence-corrected chi connectivity index (χ1v) is 7.73. The zero-order chi connectivity index (χ0) is 12.3. The van der Waals surface area contributed by atoms with Gasteiger partial charge in [-0.25, -0.2) is 0 Å². The molecule has 17 heavy (non-hydrogen) atoms. The average Bonchev–Trinajstić information content (AvgIpc) is 2.36. The molecule has 1 fully saturated rings. The largest absolute Gasteiger partial charge is 0.319 e. The van der Waals surface area contributed by atoms with Crippen molar-refractivity contribution in [1.82, 2.24) is 10.2 Å². The Morgan fingerprint density at radius 2 is 1.65 bits per heavy atom. The van der Waals surface area contributed by atoms with Crippen molar-refractivity contribution in [3.05, 3.63) is 0 Å². The molecular weight excluding hydrogens is 208 g/mol. The van der Waals surface area contributed by atoms with E-state index >= 15 is 0 Å². The van der Waals surface area contributed by atoms with Crippen LogP contribution in [0.2, 0.25) is 0 Å². The Balaban J connectivity index is 1.91. The Bertz CT molecular complexity index is 162. The Hall–Kier alpha value is -0.0800. The summed E-state index contributed by atoms with van der Waals surface area (Å²) < 4.78 is 0. The van der Waals surface area contributed by atoms with Crippen LogP contribution in [0, 0.1) is 5.92 Å². The number of hydrogen-bond acceptors (Lipinski definition) is 2. The SMILES string of the molecule is CCCCCCCCN1CCC(CNC)CC1. The van der Waals surface area contributed by atoms with E-state index in [1.54, 1.807) is 0 Å². The highest BCUT2D eigenvalue weighted by molar-refractivity contribution is 4.73. The number of likely N-dealkylation sites (tertiary alicyclic amines) is 1. The molecule has 2 nitrogen and oxygen atoms in total. The minimum atomic E-state index is 0.931. The molecule has 1 aliphatic rings. The lowest BCUT2D eigenvalue weighted by Crippen LogP contribution is -2.37. The first-order valence-electron chi connectivity index (χ1n) is 7.73. The first-order chi connectivity index (χ1) is 8.36. The molecule has 0 spiro atoms. The normalized spacial score (nSPS) is 18.7. The second-order valence-electron chi connectivity index (χ2n) is 5.61. The summed E-state index contributed by atoms with van der Waals surface area (Å²) in [6.45, 7) is 7.52. The van der Waals surface area contributed by atoms with Crippen LogP contribution in [0.4, 0.5) is 0 Å². The van der Waals surface area contributed by atoms with E-state index in [9.17, 15) is 0 Å². The van der Waals surface area contributed by atoms with Gasteiger partial charge in [-0.1, -0.05) is 39.0 Å². The van der Waals surface area contributed by atoms with Crippen molar-refractivity contribution in [1.29, 1.82) is 0 Å². The topological polar surface area (TPSA) is 15.3 Å².